The number of aryl methyl sites for hydroxylation is 1. The Kier molecular flexibility index (Phi) is 3.17. The predicted molar refractivity (Wildman–Crippen MR) is 66.2 cm³/mol. The van der Waals surface area contributed by atoms with Crippen molar-refractivity contribution >= 4 is 11.3 Å². The van der Waals surface area contributed by atoms with Crippen LogP contribution in [0.15, 0.2) is 0 Å². The highest BCUT2D eigenvalue weighted by molar-refractivity contribution is 7.11. The molecule has 17 heavy (non-hydrogen) atoms. The number of aliphatic hydroxyl groups is 1. The Labute approximate surface area is 105 Å². The van der Waals surface area contributed by atoms with Crippen LogP contribution in [0.5, 0.6) is 0 Å². The van der Waals surface area contributed by atoms with Crippen LogP contribution < -0.4 is 0 Å². The maximum absolute atomic E-state index is 9.92. The summed E-state index contributed by atoms with van der Waals surface area (Å²) in [6, 6.07) is 0. The summed E-state index contributed by atoms with van der Waals surface area (Å²) in [7, 11) is 2.11. The second-order valence-corrected chi connectivity index (χ2v) is 6.01. The quantitative estimate of drug-likeness (QED) is 0.825. The lowest BCUT2D eigenvalue weighted by atomic mass is 10.0. The van der Waals surface area contributed by atoms with Gasteiger partial charge in [0.05, 0.1) is 18.4 Å². The van der Waals surface area contributed by atoms with Crippen LogP contribution in [0, 0.1) is 0 Å². The summed E-state index contributed by atoms with van der Waals surface area (Å²) < 4.78 is 5.77. The Morgan fingerprint density at radius 3 is 3.18 bits per heavy atom. The third kappa shape index (κ3) is 2.25. The summed E-state index contributed by atoms with van der Waals surface area (Å²) in [5, 5.41) is 11.0. The Morgan fingerprint density at radius 2 is 2.41 bits per heavy atom. The van der Waals surface area contributed by atoms with Crippen molar-refractivity contribution in [1.29, 1.82) is 0 Å². The molecule has 1 aromatic rings. The van der Waals surface area contributed by atoms with Gasteiger partial charge in [0.2, 0.25) is 0 Å². The third-order valence-corrected chi connectivity index (χ3v) is 4.71. The Balaban J connectivity index is 1.83. The summed E-state index contributed by atoms with van der Waals surface area (Å²) >= 11 is 1.72. The number of fused-ring (bicyclic) bond motifs is 1. The molecule has 4 nitrogen and oxygen atoms in total. The minimum Gasteiger partial charge on any atom is -0.387 e. The number of rotatable bonds is 1. The molecule has 1 aliphatic heterocycles. The molecule has 3 rings (SSSR count). The van der Waals surface area contributed by atoms with Gasteiger partial charge in [0, 0.05) is 18.0 Å². The van der Waals surface area contributed by atoms with E-state index >= 15 is 0 Å². The topological polar surface area (TPSA) is 45.6 Å². The highest BCUT2D eigenvalue weighted by Crippen LogP contribution is 2.36. The summed E-state index contributed by atoms with van der Waals surface area (Å²) in [6.07, 6.45) is 2.72. The van der Waals surface area contributed by atoms with E-state index in [1.54, 1.807) is 11.3 Å². The number of thiazole rings is 1. The van der Waals surface area contributed by atoms with Crippen LogP contribution in [-0.2, 0) is 11.2 Å². The second-order valence-electron chi connectivity index (χ2n) is 4.89. The van der Waals surface area contributed by atoms with Crippen LogP contribution in [0.4, 0.5) is 0 Å². The molecule has 0 radical (unpaired) electrons. The molecule has 1 fully saturated rings. The SMILES string of the molecule is CN1CCOC(c2nc3c(s2)CCCC3O)C1. The van der Waals surface area contributed by atoms with Gasteiger partial charge in [-0.15, -0.1) is 11.3 Å². The molecule has 1 aliphatic carbocycles. The number of hydrogen-bond acceptors (Lipinski definition) is 5. The van der Waals surface area contributed by atoms with Crippen molar-refractivity contribution in [3.63, 3.8) is 0 Å². The van der Waals surface area contributed by atoms with Crippen molar-refractivity contribution in [2.45, 2.75) is 31.5 Å². The minimum absolute atomic E-state index is 0.0940. The molecule has 5 heteroatoms. The molecule has 2 heterocycles. The standard InChI is InChI=1S/C12H18N2O2S/c1-14-5-6-16-9(7-14)12-13-11-8(15)3-2-4-10(11)17-12/h8-9,15H,2-7H2,1H3. The Bertz CT molecular complexity index is 407. The van der Waals surface area contributed by atoms with Gasteiger partial charge in [-0.2, -0.15) is 0 Å². The van der Waals surface area contributed by atoms with E-state index in [1.165, 1.54) is 4.88 Å². The summed E-state index contributed by atoms with van der Waals surface area (Å²) in [5.41, 5.74) is 0.910. The normalized spacial score (nSPS) is 30.2. The predicted octanol–water partition coefficient (Wildman–Crippen LogP) is 1.52. The number of likely N-dealkylation sites (N-methyl/N-ethyl adjacent to an activating group) is 1. The van der Waals surface area contributed by atoms with Crippen molar-refractivity contribution in [2.24, 2.45) is 0 Å². The number of nitrogens with zero attached hydrogens (tertiary/aromatic N) is 2. The first-order chi connectivity index (χ1) is 8.24. The van der Waals surface area contributed by atoms with Crippen LogP contribution in [-0.4, -0.2) is 41.7 Å². The molecule has 0 bridgehead atoms. The fourth-order valence-electron chi connectivity index (χ4n) is 2.48. The molecule has 1 aromatic heterocycles. The van der Waals surface area contributed by atoms with E-state index in [2.05, 4.69) is 16.9 Å². The van der Waals surface area contributed by atoms with Crippen LogP contribution in [0.2, 0.25) is 0 Å². The zero-order valence-corrected chi connectivity index (χ0v) is 10.9. The first-order valence-corrected chi connectivity index (χ1v) is 7.03. The Hall–Kier alpha value is -0.490. The van der Waals surface area contributed by atoms with Crippen LogP contribution >= 0.6 is 11.3 Å². The molecular weight excluding hydrogens is 236 g/mol. The van der Waals surface area contributed by atoms with Crippen LogP contribution in [0.25, 0.3) is 0 Å². The smallest absolute Gasteiger partial charge is 0.123 e. The molecule has 0 saturated carbocycles. The van der Waals surface area contributed by atoms with Crippen molar-refractivity contribution in [3.05, 3.63) is 15.6 Å². The van der Waals surface area contributed by atoms with Crippen molar-refractivity contribution in [1.82, 2.24) is 9.88 Å². The van der Waals surface area contributed by atoms with Crippen LogP contribution in [0.1, 0.15) is 40.6 Å². The maximum atomic E-state index is 9.92. The zero-order valence-electron chi connectivity index (χ0n) is 10.1. The Morgan fingerprint density at radius 1 is 1.53 bits per heavy atom. The molecule has 2 aliphatic rings. The van der Waals surface area contributed by atoms with Crippen molar-refractivity contribution < 1.29 is 9.84 Å². The fraction of sp³-hybridized carbons (Fsp3) is 0.750. The van der Waals surface area contributed by atoms with Gasteiger partial charge in [-0.1, -0.05) is 0 Å². The summed E-state index contributed by atoms with van der Waals surface area (Å²) in [5.74, 6) is 0. The lowest BCUT2D eigenvalue weighted by molar-refractivity contribution is -0.0211. The van der Waals surface area contributed by atoms with Gasteiger partial charge in [-0.05, 0) is 26.3 Å². The lowest BCUT2D eigenvalue weighted by Crippen LogP contribution is -2.35. The molecule has 0 spiro atoms. The molecule has 0 aromatic carbocycles. The van der Waals surface area contributed by atoms with Crippen LogP contribution in [0.3, 0.4) is 0 Å². The average Bonchev–Trinajstić information content (AvgIpc) is 2.74. The van der Waals surface area contributed by atoms with Gasteiger partial charge in [-0.25, -0.2) is 4.98 Å². The highest BCUT2D eigenvalue weighted by atomic mass is 32.1. The van der Waals surface area contributed by atoms with Gasteiger partial charge in [0.1, 0.15) is 11.1 Å². The number of ether oxygens (including phenoxy) is 1. The van der Waals surface area contributed by atoms with E-state index < -0.39 is 0 Å². The van der Waals surface area contributed by atoms with E-state index in [0.29, 0.717) is 0 Å². The van der Waals surface area contributed by atoms with Gasteiger partial charge in [0.25, 0.3) is 0 Å². The number of hydrogen-bond donors (Lipinski definition) is 1. The van der Waals surface area contributed by atoms with Gasteiger partial charge < -0.3 is 14.7 Å². The van der Waals surface area contributed by atoms with E-state index in [1.807, 2.05) is 0 Å². The first-order valence-electron chi connectivity index (χ1n) is 6.22. The number of aliphatic hydroxyl groups excluding tert-OH is 1. The number of morpholine rings is 1. The maximum Gasteiger partial charge on any atom is 0.123 e. The van der Waals surface area contributed by atoms with Crippen molar-refractivity contribution in [3.8, 4) is 0 Å². The van der Waals surface area contributed by atoms with Gasteiger partial charge in [0.15, 0.2) is 0 Å². The van der Waals surface area contributed by atoms with E-state index in [-0.39, 0.29) is 12.2 Å². The zero-order chi connectivity index (χ0) is 11.8. The fourth-order valence-corrected chi connectivity index (χ4v) is 3.68. The molecule has 1 N–H and O–H groups in total. The van der Waals surface area contributed by atoms with E-state index in [0.717, 1.165) is 49.7 Å². The molecule has 94 valence electrons. The number of aromatic nitrogens is 1. The highest BCUT2D eigenvalue weighted by Gasteiger charge is 2.28. The monoisotopic (exact) mass is 254 g/mol. The van der Waals surface area contributed by atoms with Gasteiger partial charge in [-0.3, -0.25) is 0 Å². The molecule has 2 atom stereocenters. The molecule has 2 unspecified atom stereocenters. The summed E-state index contributed by atoms with van der Waals surface area (Å²) in [6.45, 7) is 2.67. The largest absolute Gasteiger partial charge is 0.387 e. The molecule has 0 amide bonds. The molecule has 1 saturated heterocycles. The van der Waals surface area contributed by atoms with E-state index in [4.69, 9.17) is 4.74 Å². The van der Waals surface area contributed by atoms with E-state index in [9.17, 15) is 5.11 Å². The first kappa shape index (κ1) is 11.6. The molecular formula is C12H18N2O2S. The second kappa shape index (κ2) is 4.65. The van der Waals surface area contributed by atoms with Crippen molar-refractivity contribution in [2.75, 3.05) is 26.7 Å². The third-order valence-electron chi connectivity index (χ3n) is 3.49. The lowest BCUT2D eigenvalue weighted by Gasteiger charge is -2.28. The summed E-state index contributed by atoms with van der Waals surface area (Å²) in [4.78, 5) is 8.14. The average molecular weight is 254 g/mol. The minimum atomic E-state index is -0.356. The van der Waals surface area contributed by atoms with Gasteiger partial charge >= 0.3 is 0 Å².